The lowest BCUT2D eigenvalue weighted by Crippen LogP contribution is -2.13. The lowest BCUT2D eigenvalue weighted by Gasteiger charge is -2.21. The maximum absolute atomic E-state index is 5.12. The molecule has 1 aromatic heterocycles. The Morgan fingerprint density at radius 3 is 2.94 bits per heavy atom. The minimum absolute atomic E-state index is 0.433. The molecule has 0 aliphatic heterocycles. The van der Waals surface area contributed by atoms with E-state index in [0.29, 0.717) is 10.9 Å². The van der Waals surface area contributed by atoms with Crippen molar-refractivity contribution in [1.82, 2.24) is 9.78 Å². The zero-order chi connectivity index (χ0) is 12.8. The average Bonchev–Trinajstić information content (AvgIpc) is 2.87. The molecule has 1 saturated carbocycles. The molecule has 1 aromatic rings. The van der Waals surface area contributed by atoms with E-state index < -0.39 is 0 Å². The number of methoxy groups -OCH3 is 1. The van der Waals surface area contributed by atoms with E-state index in [1.807, 2.05) is 0 Å². The number of halogens is 1. The van der Waals surface area contributed by atoms with Crippen LogP contribution in [0.15, 0.2) is 12.3 Å². The maximum Gasteiger partial charge on any atom is 0.0625 e. The third-order valence-electron chi connectivity index (χ3n) is 3.67. The van der Waals surface area contributed by atoms with E-state index in [-0.39, 0.29) is 0 Å². The summed E-state index contributed by atoms with van der Waals surface area (Å²) in [5.74, 6) is 0. The van der Waals surface area contributed by atoms with Crippen LogP contribution in [0.25, 0.3) is 0 Å². The van der Waals surface area contributed by atoms with Gasteiger partial charge in [-0.1, -0.05) is 35.2 Å². The summed E-state index contributed by atoms with van der Waals surface area (Å²) in [4.78, 5) is 0.433. The van der Waals surface area contributed by atoms with Crippen LogP contribution in [0.1, 0.15) is 50.3 Å². The lowest BCUT2D eigenvalue weighted by atomic mass is 9.96. The Bertz CT molecular complexity index is 347. The van der Waals surface area contributed by atoms with Crippen molar-refractivity contribution in [3.63, 3.8) is 0 Å². The Hall–Kier alpha value is -0.350. The summed E-state index contributed by atoms with van der Waals surface area (Å²) in [5.41, 5.74) is 1.21. The van der Waals surface area contributed by atoms with Gasteiger partial charge in [-0.05, 0) is 31.7 Å². The van der Waals surface area contributed by atoms with Gasteiger partial charge in [0, 0.05) is 18.1 Å². The smallest absolute Gasteiger partial charge is 0.0625 e. The molecule has 0 spiro atoms. The molecule has 4 heteroatoms. The topological polar surface area (TPSA) is 27.1 Å². The molecule has 102 valence electrons. The summed E-state index contributed by atoms with van der Waals surface area (Å²) in [7, 11) is 1.74. The highest BCUT2D eigenvalue weighted by atomic mass is 79.9. The number of hydrogen-bond acceptors (Lipinski definition) is 2. The van der Waals surface area contributed by atoms with Gasteiger partial charge in [-0.25, -0.2) is 0 Å². The van der Waals surface area contributed by atoms with Gasteiger partial charge in [-0.15, -0.1) is 0 Å². The molecule has 0 amide bonds. The standard InChI is InChI=1S/C14H23BrN2O/c1-18-11-12(15)7-8-13-9-10-17(16-13)14-5-3-2-4-6-14/h9-10,12,14H,2-8,11H2,1H3. The van der Waals surface area contributed by atoms with Crippen LogP contribution in [0.2, 0.25) is 0 Å². The molecule has 1 aliphatic carbocycles. The number of ether oxygens (including phenoxy) is 1. The number of hydrogen-bond donors (Lipinski definition) is 0. The summed E-state index contributed by atoms with van der Waals surface area (Å²) >= 11 is 3.62. The van der Waals surface area contributed by atoms with Crippen LogP contribution >= 0.6 is 15.9 Å². The van der Waals surface area contributed by atoms with Gasteiger partial charge in [0.25, 0.3) is 0 Å². The van der Waals surface area contributed by atoms with Crippen LogP contribution in [0.4, 0.5) is 0 Å². The molecule has 0 bridgehead atoms. The molecule has 3 nitrogen and oxygen atoms in total. The summed E-state index contributed by atoms with van der Waals surface area (Å²) in [6.45, 7) is 0.767. The van der Waals surface area contributed by atoms with Gasteiger partial charge in [0.1, 0.15) is 0 Å². The minimum Gasteiger partial charge on any atom is -0.384 e. The lowest BCUT2D eigenvalue weighted by molar-refractivity contribution is 0.198. The highest BCUT2D eigenvalue weighted by Crippen LogP contribution is 2.27. The molecule has 0 aromatic carbocycles. The summed E-state index contributed by atoms with van der Waals surface area (Å²) < 4.78 is 7.31. The van der Waals surface area contributed by atoms with Crippen molar-refractivity contribution >= 4 is 15.9 Å². The monoisotopic (exact) mass is 314 g/mol. The first-order valence-electron chi connectivity index (χ1n) is 6.96. The van der Waals surface area contributed by atoms with E-state index in [2.05, 4.69) is 32.9 Å². The van der Waals surface area contributed by atoms with Crippen molar-refractivity contribution in [2.24, 2.45) is 0 Å². The molecule has 2 rings (SSSR count). The van der Waals surface area contributed by atoms with Gasteiger partial charge in [0.05, 0.1) is 18.3 Å². The minimum atomic E-state index is 0.433. The zero-order valence-corrected chi connectivity index (χ0v) is 12.7. The number of alkyl halides is 1. The van der Waals surface area contributed by atoms with Crippen LogP contribution in [0, 0.1) is 0 Å². The third kappa shape index (κ3) is 4.09. The number of aryl methyl sites for hydroxylation is 1. The Morgan fingerprint density at radius 2 is 2.22 bits per heavy atom. The predicted octanol–water partition coefficient (Wildman–Crippen LogP) is 3.73. The van der Waals surface area contributed by atoms with Crippen molar-refractivity contribution in [1.29, 1.82) is 0 Å². The molecule has 1 atom stereocenters. The Kier molecular flexibility index (Phi) is 5.70. The van der Waals surface area contributed by atoms with E-state index in [9.17, 15) is 0 Å². The Morgan fingerprint density at radius 1 is 1.44 bits per heavy atom. The third-order valence-corrected chi connectivity index (χ3v) is 4.40. The van der Waals surface area contributed by atoms with Gasteiger partial charge in [0.15, 0.2) is 0 Å². The first kappa shape index (κ1) is 14.1. The zero-order valence-electron chi connectivity index (χ0n) is 11.1. The second-order valence-electron chi connectivity index (χ2n) is 5.17. The van der Waals surface area contributed by atoms with Crippen molar-refractivity contribution in [3.8, 4) is 0 Å². The maximum atomic E-state index is 5.12. The van der Waals surface area contributed by atoms with Crippen LogP contribution < -0.4 is 0 Å². The highest BCUT2D eigenvalue weighted by molar-refractivity contribution is 9.09. The van der Waals surface area contributed by atoms with Gasteiger partial charge >= 0.3 is 0 Å². The SMILES string of the molecule is COCC(Br)CCc1ccn(C2CCCCC2)n1. The molecular weight excluding hydrogens is 292 g/mol. The fraction of sp³-hybridized carbons (Fsp3) is 0.786. The summed E-state index contributed by atoms with van der Waals surface area (Å²) in [6.07, 6.45) is 11.0. The largest absolute Gasteiger partial charge is 0.384 e. The van der Waals surface area contributed by atoms with Gasteiger partial charge < -0.3 is 4.74 Å². The van der Waals surface area contributed by atoms with Crippen LogP contribution in [0.3, 0.4) is 0 Å². The highest BCUT2D eigenvalue weighted by Gasteiger charge is 2.16. The quantitative estimate of drug-likeness (QED) is 0.748. The molecule has 0 saturated heterocycles. The summed E-state index contributed by atoms with van der Waals surface area (Å²) in [6, 6.07) is 2.81. The molecule has 0 radical (unpaired) electrons. The average molecular weight is 315 g/mol. The summed E-state index contributed by atoms with van der Waals surface area (Å²) in [5, 5.41) is 4.72. The molecule has 1 heterocycles. The van der Waals surface area contributed by atoms with E-state index >= 15 is 0 Å². The predicted molar refractivity (Wildman–Crippen MR) is 77.3 cm³/mol. The van der Waals surface area contributed by atoms with Crippen molar-refractivity contribution in [3.05, 3.63) is 18.0 Å². The first-order chi connectivity index (χ1) is 8.79. The van der Waals surface area contributed by atoms with E-state index in [0.717, 1.165) is 19.4 Å². The number of aromatic nitrogens is 2. The van der Waals surface area contributed by atoms with Crippen LogP contribution in [-0.2, 0) is 11.2 Å². The fourth-order valence-electron chi connectivity index (χ4n) is 2.63. The molecule has 1 aliphatic rings. The Balaban J connectivity index is 1.82. The molecule has 18 heavy (non-hydrogen) atoms. The molecule has 1 fully saturated rings. The first-order valence-corrected chi connectivity index (χ1v) is 7.88. The van der Waals surface area contributed by atoms with Crippen molar-refractivity contribution < 1.29 is 4.74 Å². The number of nitrogens with zero attached hydrogens (tertiary/aromatic N) is 2. The van der Waals surface area contributed by atoms with E-state index in [1.54, 1.807) is 7.11 Å². The normalized spacial score (nSPS) is 19.0. The Labute approximate surface area is 118 Å². The fourth-order valence-corrected chi connectivity index (χ4v) is 3.12. The van der Waals surface area contributed by atoms with Crippen molar-refractivity contribution in [2.45, 2.75) is 55.8 Å². The molecule has 0 N–H and O–H groups in total. The van der Waals surface area contributed by atoms with E-state index in [1.165, 1.54) is 37.8 Å². The van der Waals surface area contributed by atoms with E-state index in [4.69, 9.17) is 9.84 Å². The second-order valence-corrected chi connectivity index (χ2v) is 6.47. The van der Waals surface area contributed by atoms with Gasteiger partial charge in [-0.3, -0.25) is 4.68 Å². The van der Waals surface area contributed by atoms with Crippen LogP contribution in [-0.4, -0.2) is 28.3 Å². The molecule has 1 unspecified atom stereocenters. The van der Waals surface area contributed by atoms with Crippen molar-refractivity contribution in [2.75, 3.05) is 13.7 Å². The van der Waals surface area contributed by atoms with Crippen LogP contribution in [0.5, 0.6) is 0 Å². The second kappa shape index (κ2) is 7.29. The number of rotatable bonds is 6. The van der Waals surface area contributed by atoms with Gasteiger partial charge in [-0.2, -0.15) is 5.10 Å². The molecular formula is C14H23BrN2O. The van der Waals surface area contributed by atoms with Gasteiger partial charge in [0.2, 0.25) is 0 Å².